The Bertz CT molecular complexity index is 1290. The summed E-state index contributed by atoms with van der Waals surface area (Å²) in [7, 11) is 1.29. The molecule has 5 atom stereocenters. The number of aromatic nitrogens is 3. The SMILES string of the molecule is COC(=O)c1ccc(-c2cn([C@H]3[C@@H](O)[C@@H](CO)O[C@H](Sc4ccc(Cl)c(Cl)c4)[C@@H]3OCC(=O)O)nn2)cc1. The summed E-state index contributed by atoms with van der Waals surface area (Å²) in [5, 5.41) is 39.3. The van der Waals surface area contributed by atoms with Gasteiger partial charge >= 0.3 is 11.9 Å². The molecule has 3 N–H and O–H groups in total. The van der Waals surface area contributed by atoms with Gasteiger partial charge in [-0.15, -0.1) is 5.10 Å². The lowest BCUT2D eigenvalue weighted by molar-refractivity contribution is -0.196. The molecule has 4 rings (SSSR count). The molecule has 0 spiro atoms. The van der Waals surface area contributed by atoms with Crippen molar-refractivity contribution in [3.05, 3.63) is 64.3 Å². The van der Waals surface area contributed by atoms with Crippen LogP contribution in [0.1, 0.15) is 16.4 Å². The molecular formula is C24H23Cl2N3O8S. The third-order valence-electron chi connectivity index (χ3n) is 5.78. The van der Waals surface area contributed by atoms with Gasteiger partial charge in [0.05, 0.1) is 35.5 Å². The predicted molar refractivity (Wildman–Crippen MR) is 137 cm³/mol. The van der Waals surface area contributed by atoms with Crippen molar-refractivity contribution in [2.45, 2.75) is 34.7 Å². The van der Waals surface area contributed by atoms with Gasteiger partial charge in [-0.2, -0.15) is 0 Å². The van der Waals surface area contributed by atoms with Gasteiger partial charge in [-0.3, -0.25) is 0 Å². The van der Waals surface area contributed by atoms with Gasteiger partial charge in [-0.25, -0.2) is 14.3 Å². The highest BCUT2D eigenvalue weighted by molar-refractivity contribution is 7.99. The summed E-state index contributed by atoms with van der Waals surface area (Å²) in [4.78, 5) is 23.7. The molecule has 2 heterocycles. The number of methoxy groups -OCH3 is 1. The third kappa shape index (κ3) is 6.29. The first-order chi connectivity index (χ1) is 18.2. The minimum absolute atomic E-state index is 0.310. The molecule has 0 unspecified atom stereocenters. The Hall–Kier alpha value is -2.71. The maximum atomic E-state index is 11.7. The maximum Gasteiger partial charge on any atom is 0.337 e. The zero-order valence-corrected chi connectivity index (χ0v) is 22.1. The Morgan fingerprint density at radius 1 is 1.16 bits per heavy atom. The van der Waals surface area contributed by atoms with E-state index >= 15 is 0 Å². The summed E-state index contributed by atoms with van der Waals surface area (Å²) in [6.07, 6.45) is -1.82. The molecule has 202 valence electrons. The lowest BCUT2D eigenvalue weighted by atomic mass is 9.97. The van der Waals surface area contributed by atoms with Crippen LogP contribution in [-0.2, 0) is 19.0 Å². The zero-order chi connectivity index (χ0) is 27.4. The topological polar surface area (TPSA) is 153 Å². The zero-order valence-electron chi connectivity index (χ0n) is 19.8. The standard InChI is InChI=1S/C24H23Cl2N3O8S/c1-35-23(34)13-4-2-12(3-5-13)17-9-29(28-27-17)20-21(33)18(10-30)37-24(22(20)36-11-19(31)32)38-14-6-7-15(25)16(26)8-14/h2-9,18,20-22,24,30,33H,10-11H2,1H3,(H,31,32)/t18-,20+,21+,22-,24-/m1/s1. The molecule has 3 aromatic rings. The molecular weight excluding hydrogens is 561 g/mol. The van der Waals surface area contributed by atoms with Crippen molar-refractivity contribution in [1.82, 2.24) is 15.0 Å². The van der Waals surface area contributed by atoms with Crippen molar-refractivity contribution in [3.8, 4) is 11.3 Å². The maximum absolute atomic E-state index is 11.7. The van der Waals surface area contributed by atoms with Crippen molar-refractivity contribution in [2.24, 2.45) is 0 Å². The van der Waals surface area contributed by atoms with Crippen LogP contribution in [0.2, 0.25) is 10.0 Å². The Morgan fingerprint density at radius 3 is 2.53 bits per heavy atom. The Labute approximate surface area is 231 Å². The summed E-state index contributed by atoms with van der Waals surface area (Å²) in [6, 6.07) is 10.4. The molecule has 38 heavy (non-hydrogen) atoms. The number of hydrogen-bond acceptors (Lipinski definition) is 10. The predicted octanol–water partition coefficient (Wildman–Crippen LogP) is 2.92. The fraction of sp³-hybridized carbons (Fsp3) is 0.333. The van der Waals surface area contributed by atoms with E-state index in [1.165, 1.54) is 23.6 Å². The second-order valence-electron chi connectivity index (χ2n) is 8.22. The number of thioether (sulfide) groups is 1. The van der Waals surface area contributed by atoms with E-state index in [9.17, 15) is 24.9 Å². The lowest BCUT2D eigenvalue weighted by Crippen LogP contribution is -2.56. The fourth-order valence-electron chi connectivity index (χ4n) is 3.94. The summed E-state index contributed by atoms with van der Waals surface area (Å²) in [5.74, 6) is -1.70. The molecule has 1 saturated heterocycles. The number of aliphatic carboxylic acids is 1. The van der Waals surface area contributed by atoms with E-state index in [0.29, 0.717) is 31.8 Å². The van der Waals surface area contributed by atoms with E-state index in [-0.39, 0.29) is 0 Å². The van der Waals surface area contributed by atoms with Crippen LogP contribution in [0.5, 0.6) is 0 Å². The number of carboxylic acid groups (broad SMARTS) is 1. The third-order valence-corrected chi connectivity index (χ3v) is 7.66. The molecule has 0 saturated carbocycles. The van der Waals surface area contributed by atoms with Gasteiger partial charge in [0.1, 0.15) is 42.1 Å². The van der Waals surface area contributed by atoms with Gasteiger partial charge in [-0.05, 0) is 30.3 Å². The molecule has 0 bridgehead atoms. The number of aliphatic hydroxyl groups excluding tert-OH is 2. The molecule has 11 nitrogen and oxygen atoms in total. The Morgan fingerprint density at radius 2 is 1.89 bits per heavy atom. The van der Waals surface area contributed by atoms with Gasteiger partial charge in [-0.1, -0.05) is 52.3 Å². The second-order valence-corrected chi connectivity index (χ2v) is 10.2. The van der Waals surface area contributed by atoms with Crippen molar-refractivity contribution < 1.29 is 39.1 Å². The molecule has 1 fully saturated rings. The van der Waals surface area contributed by atoms with E-state index in [4.69, 9.17) is 37.4 Å². The fourth-order valence-corrected chi connectivity index (χ4v) is 5.47. The molecule has 0 aliphatic carbocycles. The van der Waals surface area contributed by atoms with Crippen molar-refractivity contribution >= 4 is 46.9 Å². The van der Waals surface area contributed by atoms with Crippen molar-refractivity contribution in [1.29, 1.82) is 0 Å². The number of ether oxygens (including phenoxy) is 3. The highest BCUT2D eigenvalue weighted by Gasteiger charge is 2.48. The number of hydrogen-bond donors (Lipinski definition) is 3. The number of benzene rings is 2. The molecule has 0 amide bonds. The van der Waals surface area contributed by atoms with Crippen molar-refractivity contribution in [3.63, 3.8) is 0 Å². The number of carbonyl (C=O) groups excluding carboxylic acids is 1. The van der Waals surface area contributed by atoms with Crippen LogP contribution in [0, 0.1) is 0 Å². The minimum atomic E-state index is -1.32. The molecule has 2 aromatic carbocycles. The summed E-state index contributed by atoms with van der Waals surface area (Å²) in [5.41, 5.74) is 0.544. The molecule has 1 aliphatic rings. The Kier molecular flexibility index (Phi) is 9.26. The number of nitrogens with zero attached hydrogens (tertiary/aromatic N) is 3. The smallest absolute Gasteiger partial charge is 0.337 e. The quantitative estimate of drug-likeness (QED) is 0.318. The first-order valence-corrected chi connectivity index (χ1v) is 12.9. The highest BCUT2D eigenvalue weighted by atomic mass is 35.5. The number of aliphatic hydroxyl groups is 2. The van der Waals surface area contributed by atoms with Gasteiger partial charge in [0, 0.05) is 10.5 Å². The summed E-state index contributed by atoms with van der Waals surface area (Å²) in [6.45, 7) is -1.19. The summed E-state index contributed by atoms with van der Waals surface area (Å²) >= 11 is 13.3. The van der Waals surface area contributed by atoms with E-state index in [1.807, 2.05) is 0 Å². The highest BCUT2D eigenvalue weighted by Crippen LogP contribution is 2.41. The van der Waals surface area contributed by atoms with Crippen LogP contribution in [0.4, 0.5) is 0 Å². The van der Waals surface area contributed by atoms with Crippen LogP contribution >= 0.6 is 35.0 Å². The van der Waals surface area contributed by atoms with Crippen molar-refractivity contribution in [2.75, 3.05) is 20.3 Å². The average Bonchev–Trinajstić information content (AvgIpc) is 3.39. The van der Waals surface area contributed by atoms with E-state index in [1.54, 1.807) is 48.7 Å². The number of carbonyl (C=O) groups is 2. The first kappa shape index (κ1) is 28.3. The van der Waals surface area contributed by atoms with Gasteiger partial charge in [0.2, 0.25) is 0 Å². The van der Waals surface area contributed by atoms with Crippen LogP contribution < -0.4 is 0 Å². The van der Waals surface area contributed by atoms with Gasteiger partial charge < -0.3 is 29.5 Å². The van der Waals surface area contributed by atoms with Gasteiger partial charge in [0.15, 0.2) is 0 Å². The largest absolute Gasteiger partial charge is 0.480 e. The van der Waals surface area contributed by atoms with Crippen LogP contribution in [0.15, 0.2) is 53.6 Å². The molecule has 1 aromatic heterocycles. The lowest BCUT2D eigenvalue weighted by Gasteiger charge is -2.43. The minimum Gasteiger partial charge on any atom is -0.480 e. The summed E-state index contributed by atoms with van der Waals surface area (Å²) < 4.78 is 17.7. The van der Waals surface area contributed by atoms with Crippen LogP contribution in [-0.4, -0.2) is 86.3 Å². The van der Waals surface area contributed by atoms with E-state index in [0.717, 1.165) is 0 Å². The number of carboxylic acids is 1. The first-order valence-electron chi connectivity index (χ1n) is 11.2. The number of halogens is 2. The average molecular weight is 584 g/mol. The monoisotopic (exact) mass is 583 g/mol. The number of rotatable bonds is 9. The normalized spacial score (nSPS) is 23.2. The molecule has 1 aliphatic heterocycles. The van der Waals surface area contributed by atoms with Gasteiger partial charge in [0.25, 0.3) is 0 Å². The van der Waals surface area contributed by atoms with Crippen LogP contribution in [0.3, 0.4) is 0 Å². The number of esters is 1. The van der Waals surface area contributed by atoms with E-state index < -0.39 is 54.9 Å². The molecule has 0 radical (unpaired) electrons. The van der Waals surface area contributed by atoms with Crippen LogP contribution in [0.25, 0.3) is 11.3 Å². The Balaban J connectivity index is 1.67. The molecule has 14 heteroatoms. The second kappa shape index (κ2) is 12.4. The van der Waals surface area contributed by atoms with E-state index in [2.05, 4.69) is 10.3 Å².